The molecule has 1 amide bonds. The van der Waals surface area contributed by atoms with Gasteiger partial charge < -0.3 is 11.1 Å². The number of hydrogen-bond donors (Lipinski definition) is 2. The first-order valence-corrected chi connectivity index (χ1v) is 4.88. The highest BCUT2D eigenvalue weighted by molar-refractivity contribution is 7.80. The van der Waals surface area contributed by atoms with Crippen molar-refractivity contribution >= 4 is 28.8 Å². The summed E-state index contributed by atoms with van der Waals surface area (Å²) in [6.45, 7) is 1.45. The first-order valence-electron chi connectivity index (χ1n) is 4.47. The number of benzene rings is 1. The maximum Gasteiger partial charge on any atom is 0.234 e. The quantitative estimate of drug-likeness (QED) is 0.797. The third-order valence-electron chi connectivity index (χ3n) is 2.03. The van der Waals surface area contributed by atoms with Crippen LogP contribution in [0.15, 0.2) is 18.2 Å². The van der Waals surface area contributed by atoms with Crippen molar-refractivity contribution in [2.75, 3.05) is 5.32 Å². The number of amides is 1. The van der Waals surface area contributed by atoms with Gasteiger partial charge in [0.15, 0.2) is 0 Å². The van der Waals surface area contributed by atoms with Gasteiger partial charge in [-0.1, -0.05) is 18.3 Å². The third kappa shape index (κ3) is 2.73. The van der Waals surface area contributed by atoms with Crippen LogP contribution in [0, 0.1) is 17.6 Å². The number of nitrogens with one attached hydrogen (secondary N) is 1. The van der Waals surface area contributed by atoms with Gasteiger partial charge in [-0.2, -0.15) is 0 Å². The van der Waals surface area contributed by atoms with E-state index in [1.807, 2.05) is 0 Å². The van der Waals surface area contributed by atoms with Gasteiger partial charge in [0.05, 0.1) is 10.9 Å². The fraction of sp³-hybridized carbons (Fsp3) is 0.200. The molecular weight excluding hydrogens is 234 g/mol. The lowest BCUT2D eigenvalue weighted by Gasteiger charge is -2.11. The molecule has 16 heavy (non-hydrogen) atoms. The van der Waals surface area contributed by atoms with Gasteiger partial charge >= 0.3 is 0 Å². The zero-order valence-corrected chi connectivity index (χ0v) is 9.28. The van der Waals surface area contributed by atoms with E-state index >= 15 is 0 Å². The molecule has 0 bridgehead atoms. The number of carbonyl (C=O) groups is 1. The highest BCUT2D eigenvalue weighted by Crippen LogP contribution is 2.18. The van der Waals surface area contributed by atoms with Crippen molar-refractivity contribution in [1.82, 2.24) is 0 Å². The van der Waals surface area contributed by atoms with Gasteiger partial charge in [-0.25, -0.2) is 8.78 Å². The summed E-state index contributed by atoms with van der Waals surface area (Å²) in [5.74, 6) is -3.11. The summed E-state index contributed by atoms with van der Waals surface area (Å²) in [7, 11) is 0. The third-order valence-corrected chi connectivity index (χ3v) is 2.38. The molecule has 0 saturated heterocycles. The summed E-state index contributed by atoms with van der Waals surface area (Å²) >= 11 is 4.61. The van der Waals surface area contributed by atoms with Crippen LogP contribution in [0.2, 0.25) is 0 Å². The van der Waals surface area contributed by atoms with Crippen LogP contribution in [-0.2, 0) is 4.79 Å². The normalized spacial score (nSPS) is 11.9. The largest absolute Gasteiger partial charge is 0.393 e. The Labute approximate surface area is 96.6 Å². The average Bonchev–Trinajstić information content (AvgIpc) is 2.22. The molecule has 3 nitrogen and oxygen atoms in total. The fourth-order valence-electron chi connectivity index (χ4n) is 0.978. The van der Waals surface area contributed by atoms with E-state index in [1.54, 1.807) is 0 Å². The molecule has 0 saturated carbocycles. The number of thiocarbonyl (C=S) groups is 1. The first kappa shape index (κ1) is 12.5. The zero-order valence-electron chi connectivity index (χ0n) is 8.46. The van der Waals surface area contributed by atoms with Crippen LogP contribution >= 0.6 is 12.2 Å². The molecule has 0 aliphatic rings. The number of anilines is 1. The molecule has 6 heteroatoms. The number of carbonyl (C=O) groups excluding carboxylic acids is 1. The highest BCUT2D eigenvalue weighted by Gasteiger charge is 2.18. The molecular formula is C10H10F2N2OS. The van der Waals surface area contributed by atoms with Crippen molar-refractivity contribution in [3.05, 3.63) is 29.8 Å². The minimum atomic E-state index is -0.844. The molecule has 0 radical (unpaired) electrons. The molecule has 0 aromatic heterocycles. The van der Waals surface area contributed by atoms with E-state index in [1.165, 1.54) is 13.0 Å². The minimum absolute atomic E-state index is 0.0331. The molecule has 0 aliphatic carbocycles. The van der Waals surface area contributed by atoms with E-state index in [0.29, 0.717) is 0 Å². The van der Waals surface area contributed by atoms with Crippen molar-refractivity contribution in [2.24, 2.45) is 11.7 Å². The predicted octanol–water partition coefficient (Wildman–Crippen LogP) is 1.83. The van der Waals surface area contributed by atoms with Crippen LogP contribution in [0.4, 0.5) is 14.5 Å². The first-order chi connectivity index (χ1) is 7.43. The molecule has 1 aromatic rings. The smallest absolute Gasteiger partial charge is 0.234 e. The second-order valence-electron chi connectivity index (χ2n) is 3.21. The van der Waals surface area contributed by atoms with E-state index in [-0.39, 0.29) is 4.99 Å². The van der Waals surface area contributed by atoms with Crippen LogP contribution in [0.25, 0.3) is 0 Å². The summed E-state index contributed by atoms with van der Waals surface area (Å²) in [4.78, 5) is 11.4. The van der Waals surface area contributed by atoms with E-state index < -0.39 is 29.1 Å². The zero-order chi connectivity index (χ0) is 12.3. The van der Waals surface area contributed by atoms with E-state index in [4.69, 9.17) is 5.73 Å². The van der Waals surface area contributed by atoms with Gasteiger partial charge in [0.2, 0.25) is 5.91 Å². The maximum absolute atomic E-state index is 13.2. The van der Waals surface area contributed by atoms with E-state index in [2.05, 4.69) is 17.5 Å². The van der Waals surface area contributed by atoms with Crippen LogP contribution < -0.4 is 11.1 Å². The van der Waals surface area contributed by atoms with Gasteiger partial charge in [-0.15, -0.1) is 0 Å². The molecule has 0 aliphatic heterocycles. The lowest BCUT2D eigenvalue weighted by Crippen LogP contribution is -2.31. The summed E-state index contributed by atoms with van der Waals surface area (Å²) in [6.07, 6.45) is 0. The Kier molecular flexibility index (Phi) is 3.89. The van der Waals surface area contributed by atoms with Crippen molar-refractivity contribution in [3.8, 4) is 0 Å². The molecule has 1 rings (SSSR count). The summed E-state index contributed by atoms with van der Waals surface area (Å²) < 4.78 is 26.3. The molecule has 0 fully saturated rings. The van der Waals surface area contributed by atoms with Crippen LogP contribution in [0.3, 0.4) is 0 Å². The number of nitrogens with two attached hydrogens (primary N) is 1. The van der Waals surface area contributed by atoms with Gasteiger partial charge in [0.1, 0.15) is 17.3 Å². The van der Waals surface area contributed by atoms with Crippen LogP contribution in [0.1, 0.15) is 6.92 Å². The second kappa shape index (κ2) is 4.98. The summed E-state index contributed by atoms with van der Waals surface area (Å²) in [6, 6.07) is 3.30. The monoisotopic (exact) mass is 244 g/mol. The van der Waals surface area contributed by atoms with Crippen molar-refractivity contribution in [1.29, 1.82) is 0 Å². The average molecular weight is 244 g/mol. The Bertz CT molecular complexity index is 417. The van der Waals surface area contributed by atoms with Crippen molar-refractivity contribution in [3.63, 3.8) is 0 Å². The van der Waals surface area contributed by atoms with Gasteiger partial charge in [-0.3, -0.25) is 4.79 Å². The van der Waals surface area contributed by atoms with E-state index in [9.17, 15) is 13.6 Å². The molecule has 0 heterocycles. The molecule has 0 spiro atoms. The van der Waals surface area contributed by atoms with Crippen LogP contribution in [0.5, 0.6) is 0 Å². The Hall–Kier alpha value is -1.56. The van der Waals surface area contributed by atoms with Crippen molar-refractivity contribution < 1.29 is 13.6 Å². The number of hydrogen-bond acceptors (Lipinski definition) is 2. The number of para-hydroxylation sites is 1. The molecule has 86 valence electrons. The predicted molar refractivity (Wildman–Crippen MR) is 60.9 cm³/mol. The van der Waals surface area contributed by atoms with E-state index in [0.717, 1.165) is 12.1 Å². The van der Waals surface area contributed by atoms with Crippen LogP contribution in [-0.4, -0.2) is 10.9 Å². The van der Waals surface area contributed by atoms with Gasteiger partial charge in [-0.05, 0) is 19.1 Å². The SMILES string of the molecule is CC(C(=O)Nc1c(F)cccc1F)C(N)=S. The molecule has 1 atom stereocenters. The molecule has 1 aromatic carbocycles. The topological polar surface area (TPSA) is 55.1 Å². The van der Waals surface area contributed by atoms with Gasteiger partial charge in [0.25, 0.3) is 0 Å². The lowest BCUT2D eigenvalue weighted by molar-refractivity contribution is -0.117. The summed E-state index contributed by atoms with van der Waals surface area (Å²) in [5.41, 5.74) is 4.76. The van der Waals surface area contributed by atoms with Gasteiger partial charge in [0, 0.05) is 0 Å². The number of rotatable bonds is 3. The minimum Gasteiger partial charge on any atom is -0.393 e. The lowest BCUT2D eigenvalue weighted by atomic mass is 10.1. The Morgan fingerprint density at radius 2 is 1.94 bits per heavy atom. The maximum atomic E-state index is 13.2. The summed E-state index contributed by atoms with van der Waals surface area (Å²) in [5, 5.41) is 2.10. The molecule has 1 unspecified atom stereocenters. The Balaban J connectivity index is 2.89. The Morgan fingerprint density at radius 1 is 1.44 bits per heavy atom. The fourth-order valence-corrected chi connectivity index (χ4v) is 1.08. The number of halogens is 2. The standard InChI is InChI=1S/C10H10F2N2OS/c1-5(9(13)16)10(15)14-8-6(11)3-2-4-7(8)12/h2-5H,1H3,(H2,13,16)(H,14,15). The second-order valence-corrected chi connectivity index (χ2v) is 3.68. The Morgan fingerprint density at radius 3 is 2.38 bits per heavy atom. The highest BCUT2D eigenvalue weighted by atomic mass is 32.1. The van der Waals surface area contributed by atoms with Crippen molar-refractivity contribution in [2.45, 2.75) is 6.92 Å². The molecule has 3 N–H and O–H groups in total.